The van der Waals surface area contributed by atoms with Crippen molar-refractivity contribution in [2.45, 2.75) is 37.8 Å². The number of benzene rings is 1. The first kappa shape index (κ1) is 17.5. The molecule has 1 aliphatic carbocycles. The van der Waals surface area contributed by atoms with Gasteiger partial charge >= 0.3 is 113 Å². The van der Waals surface area contributed by atoms with Crippen LogP contribution >= 0.6 is 0 Å². The Morgan fingerprint density at radius 3 is 2.05 bits per heavy atom. The van der Waals surface area contributed by atoms with Crippen molar-refractivity contribution in [2.24, 2.45) is 0 Å². The maximum atomic E-state index is 9.75. The molecule has 0 bridgehead atoms. The second-order valence-corrected chi connectivity index (χ2v) is 6.88. The van der Waals surface area contributed by atoms with Gasteiger partial charge < -0.3 is 17.3 Å². The van der Waals surface area contributed by atoms with E-state index in [2.05, 4.69) is 13.7 Å². The summed E-state index contributed by atoms with van der Waals surface area (Å²) in [6.45, 7) is 0. The molecule has 1 aromatic carbocycles. The average molecular weight is 364 g/mol. The van der Waals surface area contributed by atoms with E-state index in [4.69, 9.17) is 0 Å². The number of nitrogens with one attached hydrogen (secondary N) is 2. The molecule has 2 aliphatic rings. The fourth-order valence-electron chi connectivity index (χ4n) is 2.38. The van der Waals surface area contributed by atoms with Crippen LogP contribution in [0, 0.1) is 0 Å². The molecule has 0 spiro atoms. The van der Waals surface area contributed by atoms with E-state index in [0.717, 1.165) is 5.56 Å². The Morgan fingerprint density at radius 1 is 1.05 bits per heavy atom. The van der Waals surface area contributed by atoms with Gasteiger partial charge in [0.15, 0.2) is 0 Å². The van der Waals surface area contributed by atoms with Gasteiger partial charge in [0.25, 0.3) is 0 Å². The van der Waals surface area contributed by atoms with Gasteiger partial charge in [-0.2, -0.15) is 0 Å². The first-order chi connectivity index (χ1) is 10.3. The van der Waals surface area contributed by atoms with Crippen LogP contribution in [0.2, 0.25) is 0 Å². The second-order valence-electron chi connectivity index (χ2n) is 5.12. The van der Waals surface area contributed by atoms with Crippen molar-refractivity contribution >= 4 is 12.2 Å². The van der Waals surface area contributed by atoms with Gasteiger partial charge in [-0.3, -0.25) is 0 Å². The van der Waals surface area contributed by atoms with Crippen molar-refractivity contribution in [1.82, 2.24) is 8.73 Å². The summed E-state index contributed by atoms with van der Waals surface area (Å²) in [7, 11) is -6.00. The summed E-state index contributed by atoms with van der Waals surface area (Å²) in [6, 6.07) is 8.79. The first-order valence-electron chi connectivity index (χ1n) is 6.97. The Bertz CT molecular complexity index is 519. The number of hydrogen-bond donors (Lipinski definition) is 3. The van der Waals surface area contributed by atoms with Gasteiger partial charge in [-0.1, -0.05) is 0 Å². The molecule has 1 heterocycles. The number of hydrogen-bond acceptors (Lipinski definition) is 3. The molecule has 0 aromatic heterocycles. The van der Waals surface area contributed by atoms with Gasteiger partial charge in [-0.15, -0.1) is 0 Å². The molecule has 2 unspecified atom stereocenters. The number of phenolic OH excluding ortho intramolecular Hbond substituents is 1. The van der Waals surface area contributed by atoms with Crippen LogP contribution in [0.4, 0.5) is 17.3 Å². The van der Waals surface area contributed by atoms with Gasteiger partial charge in [0.05, 0.1) is 0 Å². The van der Waals surface area contributed by atoms with Crippen LogP contribution in [0.15, 0.2) is 24.3 Å². The van der Waals surface area contributed by atoms with E-state index in [9.17, 15) is 22.4 Å². The molecular formula is C13H18BCoF4N2O-. The summed E-state index contributed by atoms with van der Waals surface area (Å²) >= 11 is -0.449. The predicted molar refractivity (Wildman–Crippen MR) is 75.8 cm³/mol. The molecule has 127 valence electrons. The van der Waals surface area contributed by atoms with Crippen molar-refractivity contribution in [3.05, 3.63) is 29.8 Å². The number of phenols is 1. The van der Waals surface area contributed by atoms with E-state index in [1.807, 2.05) is 18.2 Å². The third kappa shape index (κ3) is 5.71. The first-order valence-corrected chi connectivity index (χ1v) is 8.61. The Morgan fingerprint density at radius 2 is 1.55 bits per heavy atom. The van der Waals surface area contributed by atoms with Crippen molar-refractivity contribution in [3.8, 4) is 5.75 Å². The summed E-state index contributed by atoms with van der Waals surface area (Å²) in [4.78, 5) is 2.14. The molecule has 2 atom stereocenters. The van der Waals surface area contributed by atoms with Gasteiger partial charge in [0, 0.05) is 0 Å². The van der Waals surface area contributed by atoms with Gasteiger partial charge in [-0.05, 0) is 0 Å². The van der Waals surface area contributed by atoms with Crippen molar-refractivity contribution in [2.75, 3.05) is 0 Å². The summed E-state index contributed by atoms with van der Waals surface area (Å²) < 4.78 is 46.3. The standard InChI is InChI=1S/C7H6O.C6H12N2.BF4.Co/c1-6-4-2-3-5-7(6)8;7-5-3-1-2-4-6(5)8;2-1(3,4)5;/h1-5,8H;5-8H,1-4H2;;/q;-2;-1;+2. The molecule has 1 saturated carbocycles. The molecule has 0 amide bonds. The molecular weight excluding hydrogens is 346 g/mol. The molecule has 3 rings (SSSR count). The van der Waals surface area contributed by atoms with E-state index < -0.39 is 20.9 Å². The molecule has 1 aliphatic heterocycles. The van der Waals surface area contributed by atoms with Crippen LogP contribution in [0.25, 0.3) is 0 Å². The molecule has 22 heavy (non-hydrogen) atoms. The molecule has 1 aromatic rings. The van der Waals surface area contributed by atoms with Crippen LogP contribution in [0.3, 0.4) is 0 Å². The zero-order chi connectivity index (χ0) is 16.2. The molecule has 9 heteroatoms. The SMILES string of the molecule is F[B-](F)(F)F.Oc1ccccc1[CH]=[Co]1[NH]C2CCCCC2[NH]1. The van der Waals surface area contributed by atoms with E-state index >= 15 is 0 Å². The quantitative estimate of drug-likeness (QED) is 0.531. The monoisotopic (exact) mass is 364 g/mol. The van der Waals surface area contributed by atoms with E-state index in [-0.39, 0.29) is 0 Å². The fourth-order valence-corrected chi connectivity index (χ4v) is 4.77. The van der Waals surface area contributed by atoms with Crippen molar-refractivity contribution in [1.29, 1.82) is 0 Å². The number of halogens is 4. The van der Waals surface area contributed by atoms with Crippen molar-refractivity contribution < 1.29 is 36.0 Å². The Balaban J connectivity index is 0.000000309. The summed E-state index contributed by atoms with van der Waals surface area (Å²) in [5.41, 5.74) is 0.927. The summed E-state index contributed by atoms with van der Waals surface area (Å²) in [5, 5.41) is 9.75. The number of para-hydroxylation sites is 1. The third-order valence-corrected chi connectivity index (χ3v) is 5.40. The third-order valence-electron chi connectivity index (χ3n) is 3.36. The van der Waals surface area contributed by atoms with Crippen molar-refractivity contribution in [3.63, 3.8) is 0 Å². The van der Waals surface area contributed by atoms with E-state index in [1.54, 1.807) is 6.07 Å². The van der Waals surface area contributed by atoms with Crippen LogP contribution in [0.5, 0.6) is 5.75 Å². The zero-order valence-corrected chi connectivity index (χ0v) is 12.8. The van der Waals surface area contributed by atoms with Gasteiger partial charge in [-0.25, -0.2) is 0 Å². The number of fused-ring (bicyclic) bond motifs is 1. The number of aromatic hydroxyl groups is 1. The van der Waals surface area contributed by atoms with Crippen LogP contribution < -0.4 is 8.73 Å². The minimum absolute atomic E-state index is 0.368. The normalized spacial score (nSPS) is 25.9. The summed E-state index contributed by atoms with van der Waals surface area (Å²) in [6.07, 6.45) is 5.25. The molecule has 0 radical (unpaired) electrons. The summed E-state index contributed by atoms with van der Waals surface area (Å²) in [5.74, 6) is 0.368. The molecule has 1 saturated heterocycles. The van der Waals surface area contributed by atoms with Crippen LogP contribution in [-0.4, -0.2) is 29.4 Å². The molecule has 2 fully saturated rings. The van der Waals surface area contributed by atoms with Crippen LogP contribution in [0.1, 0.15) is 31.2 Å². The van der Waals surface area contributed by atoms with Gasteiger partial charge in [0.1, 0.15) is 0 Å². The topological polar surface area (TPSA) is 44.3 Å². The number of rotatable bonds is 1. The maximum absolute atomic E-state index is 9.75. The average Bonchev–Trinajstić information content (AvgIpc) is 2.82. The van der Waals surface area contributed by atoms with Crippen LogP contribution in [-0.2, 0) is 13.7 Å². The predicted octanol–water partition coefficient (Wildman–Crippen LogP) is 2.79. The van der Waals surface area contributed by atoms with E-state index in [0.29, 0.717) is 17.8 Å². The Kier molecular flexibility index (Phi) is 6.02. The Hall–Kier alpha value is -0.899. The zero-order valence-electron chi connectivity index (χ0n) is 11.7. The molecule has 3 nitrogen and oxygen atoms in total. The Labute approximate surface area is 130 Å². The minimum atomic E-state index is -6.00. The van der Waals surface area contributed by atoms with Gasteiger partial charge in [0.2, 0.25) is 0 Å². The molecule has 3 N–H and O–H groups in total. The fraction of sp³-hybridized carbons (Fsp3) is 0.462. The second kappa shape index (κ2) is 7.58. The van der Waals surface area contributed by atoms with E-state index in [1.165, 1.54) is 25.7 Å².